The summed E-state index contributed by atoms with van der Waals surface area (Å²) in [4.78, 5) is 0. The summed E-state index contributed by atoms with van der Waals surface area (Å²) in [5.74, 6) is 0.565. The lowest BCUT2D eigenvalue weighted by molar-refractivity contribution is 0.475. The van der Waals surface area contributed by atoms with E-state index in [0.717, 1.165) is 33.0 Å². The summed E-state index contributed by atoms with van der Waals surface area (Å²) in [6, 6.07) is 14.9. The summed E-state index contributed by atoms with van der Waals surface area (Å²) in [5.41, 5.74) is 4.33. The molecule has 0 saturated carbocycles. The van der Waals surface area contributed by atoms with Gasteiger partial charge >= 0.3 is 0 Å². The molecule has 0 atom stereocenters. The molecule has 0 unspecified atom stereocenters. The molecule has 0 aromatic heterocycles. The van der Waals surface area contributed by atoms with Gasteiger partial charge in [-0.25, -0.2) is 0 Å². The Bertz CT molecular complexity index is 804. The molecule has 3 aromatic rings. The van der Waals surface area contributed by atoms with Crippen LogP contribution in [-0.4, -0.2) is 10.2 Å². The van der Waals surface area contributed by atoms with E-state index in [1.807, 2.05) is 30.3 Å². The fourth-order valence-corrected chi connectivity index (χ4v) is 2.83. The second-order valence-corrected chi connectivity index (χ2v) is 4.59. The monoisotopic (exact) mass is 234 g/mol. The standard InChI is InChI=1S/C16H10O2/c17-9-4-5-10-11-2-1-3-13-15(18)7-6-12(16(11)13)14(10)8-9/h1-8,17-18H. The molecule has 3 aromatic carbocycles. The Morgan fingerprint density at radius 2 is 1.44 bits per heavy atom. The van der Waals surface area contributed by atoms with Gasteiger partial charge in [0.2, 0.25) is 0 Å². The topological polar surface area (TPSA) is 40.5 Å². The number of rotatable bonds is 0. The third-order valence-electron chi connectivity index (χ3n) is 3.60. The van der Waals surface area contributed by atoms with Crippen LogP contribution in [0.15, 0.2) is 48.5 Å². The summed E-state index contributed by atoms with van der Waals surface area (Å²) in [5, 5.41) is 21.5. The van der Waals surface area contributed by atoms with Crippen molar-refractivity contribution in [2.75, 3.05) is 0 Å². The number of aromatic hydroxyl groups is 2. The van der Waals surface area contributed by atoms with E-state index in [-0.39, 0.29) is 5.75 Å². The first kappa shape index (κ1) is 9.54. The maximum absolute atomic E-state index is 9.93. The number of fused-ring (bicyclic) bond motifs is 3. The van der Waals surface area contributed by atoms with Crippen molar-refractivity contribution in [1.29, 1.82) is 0 Å². The number of hydrogen-bond acceptors (Lipinski definition) is 2. The normalized spacial score (nSPS) is 11.8. The summed E-state index contributed by atoms with van der Waals surface area (Å²) < 4.78 is 0. The molecule has 1 aliphatic rings. The second kappa shape index (κ2) is 3.05. The lowest BCUT2D eigenvalue weighted by atomic mass is 10.0. The van der Waals surface area contributed by atoms with Crippen molar-refractivity contribution < 1.29 is 10.2 Å². The van der Waals surface area contributed by atoms with Crippen LogP contribution < -0.4 is 0 Å². The van der Waals surface area contributed by atoms with Crippen LogP contribution >= 0.6 is 0 Å². The number of benzene rings is 3. The first-order valence-corrected chi connectivity index (χ1v) is 5.84. The third kappa shape index (κ3) is 1.02. The van der Waals surface area contributed by atoms with E-state index in [2.05, 4.69) is 0 Å². The molecule has 2 N–H and O–H groups in total. The molecule has 0 radical (unpaired) electrons. The molecule has 2 heteroatoms. The van der Waals surface area contributed by atoms with Gasteiger partial charge in [-0.15, -0.1) is 0 Å². The molecule has 18 heavy (non-hydrogen) atoms. The van der Waals surface area contributed by atoms with E-state index >= 15 is 0 Å². The minimum Gasteiger partial charge on any atom is -0.508 e. The smallest absolute Gasteiger partial charge is 0.123 e. The van der Waals surface area contributed by atoms with Gasteiger partial charge in [0.15, 0.2) is 0 Å². The van der Waals surface area contributed by atoms with Gasteiger partial charge in [0, 0.05) is 10.8 Å². The van der Waals surface area contributed by atoms with E-state index in [1.165, 1.54) is 0 Å². The highest BCUT2D eigenvalue weighted by Crippen LogP contribution is 2.49. The molecule has 0 saturated heterocycles. The molecule has 0 amide bonds. The van der Waals surface area contributed by atoms with Gasteiger partial charge in [-0.1, -0.05) is 30.3 Å². The van der Waals surface area contributed by atoms with Crippen LogP contribution in [0.5, 0.6) is 11.5 Å². The number of phenolic OH excluding ortho intramolecular Hbond substituents is 2. The average molecular weight is 234 g/mol. The quantitative estimate of drug-likeness (QED) is 0.484. The minimum atomic E-state index is 0.266. The highest BCUT2D eigenvalue weighted by molar-refractivity contribution is 6.16. The van der Waals surface area contributed by atoms with Crippen LogP contribution in [0.25, 0.3) is 33.0 Å². The average Bonchev–Trinajstić information content (AvgIpc) is 2.69. The lowest BCUT2D eigenvalue weighted by Gasteiger charge is -2.03. The van der Waals surface area contributed by atoms with Crippen molar-refractivity contribution in [3.63, 3.8) is 0 Å². The maximum Gasteiger partial charge on any atom is 0.123 e. The maximum atomic E-state index is 9.93. The molecule has 0 heterocycles. The van der Waals surface area contributed by atoms with Gasteiger partial charge < -0.3 is 10.2 Å². The van der Waals surface area contributed by atoms with Crippen LogP contribution in [0.2, 0.25) is 0 Å². The van der Waals surface area contributed by atoms with Crippen molar-refractivity contribution in [3.8, 4) is 33.8 Å². The molecular weight excluding hydrogens is 224 g/mol. The zero-order valence-electron chi connectivity index (χ0n) is 9.51. The highest BCUT2D eigenvalue weighted by Gasteiger charge is 2.22. The second-order valence-electron chi connectivity index (χ2n) is 4.59. The van der Waals surface area contributed by atoms with Gasteiger partial charge in [-0.2, -0.15) is 0 Å². The molecule has 1 aliphatic carbocycles. The largest absolute Gasteiger partial charge is 0.508 e. The lowest BCUT2D eigenvalue weighted by Crippen LogP contribution is -1.76. The van der Waals surface area contributed by atoms with Crippen LogP contribution in [0.1, 0.15) is 0 Å². The van der Waals surface area contributed by atoms with Crippen molar-refractivity contribution in [2.45, 2.75) is 0 Å². The first-order valence-electron chi connectivity index (χ1n) is 5.84. The van der Waals surface area contributed by atoms with Gasteiger partial charge in [-0.3, -0.25) is 0 Å². The highest BCUT2D eigenvalue weighted by atomic mass is 16.3. The van der Waals surface area contributed by atoms with Gasteiger partial charge in [0.25, 0.3) is 0 Å². The predicted molar refractivity (Wildman–Crippen MR) is 71.7 cm³/mol. The van der Waals surface area contributed by atoms with Crippen LogP contribution in [0.3, 0.4) is 0 Å². The van der Waals surface area contributed by atoms with Gasteiger partial charge in [0.1, 0.15) is 11.5 Å². The zero-order chi connectivity index (χ0) is 12.3. The van der Waals surface area contributed by atoms with Crippen LogP contribution in [-0.2, 0) is 0 Å². The molecule has 86 valence electrons. The van der Waals surface area contributed by atoms with Crippen molar-refractivity contribution in [3.05, 3.63) is 48.5 Å². The fourth-order valence-electron chi connectivity index (χ4n) is 2.83. The van der Waals surface area contributed by atoms with Crippen molar-refractivity contribution >= 4 is 10.8 Å². The van der Waals surface area contributed by atoms with Gasteiger partial charge in [0.05, 0.1) is 0 Å². The summed E-state index contributed by atoms with van der Waals surface area (Å²) in [6.45, 7) is 0. The molecule has 0 bridgehead atoms. The Labute approximate surface area is 104 Å². The van der Waals surface area contributed by atoms with Crippen molar-refractivity contribution in [2.24, 2.45) is 0 Å². The Morgan fingerprint density at radius 3 is 2.33 bits per heavy atom. The molecule has 0 spiro atoms. The van der Waals surface area contributed by atoms with Gasteiger partial charge in [-0.05, 0) is 40.5 Å². The zero-order valence-corrected chi connectivity index (χ0v) is 9.51. The molecular formula is C16H10O2. The summed E-state index contributed by atoms with van der Waals surface area (Å²) in [7, 11) is 0. The number of hydrogen-bond donors (Lipinski definition) is 2. The summed E-state index contributed by atoms with van der Waals surface area (Å²) >= 11 is 0. The summed E-state index contributed by atoms with van der Waals surface area (Å²) in [6.07, 6.45) is 0. The van der Waals surface area contributed by atoms with Crippen LogP contribution in [0.4, 0.5) is 0 Å². The first-order chi connectivity index (χ1) is 8.75. The van der Waals surface area contributed by atoms with E-state index in [4.69, 9.17) is 0 Å². The fraction of sp³-hybridized carbons (Fsp3) is 0. The molecule has 4 rings (SSSR count). The van der Waals surface area contributed by atoms with Crippen molar-refractivity contribution in [1.82, 2.24) is 0 Å². The Hall–Kier alpha value is -2.48. The van der Waals surface area contributed by atoms with E-state index in [9.17, 15) is 10.2 Å². The van der Waals surface area contributed by atoms with E-state index in [0.29, 0.717) is 5.75 Å². The molecule has 0 fully saturated rings. The van der Waals surface area contributed by atoms with Crippen LogP contribution in [0, 0.1) is 0 Å². The third-order valence-corrected chi connectivity index (χ3v) is 3.60. The number of phenols is 2. The Kier molecular flexibility index (Phi) is 1.61. The molecule has 0 aliphatic heterocycles. The molecule has 2 nitrogen and oxygen atoms in total. The predicted octanol–water partition coefficient (Wildman–Crippen LogP) is 3.90. The van der Waals surface area contributed by atoms with E-state index in [1.54, 1.807) is 18.2 Å². The van der Waals surface area contributed by atoms with E-state index < -0.39 is 0 Å². The Balaban J connectivity index is 2.26. The Morgan fingerprint density at radius 1 is 0.667 bits per heavy atom. The minimum absolute atomic E-state index is 0.266. The SMILES string of the molecule is Oc1ccc2c(c1)-c1ccc(O)c3cccc-2c13.